The Balaban J connectivity index is 1.82. The van der Waals surface area contributed by atoms with Gasteiger partial charge in [-0.1, -0.05) is 28.1 Å². The van der Waals surface area contributed by atoms with Crippen LogP contribution in [-0.4, -0.2) is 22.5 Å². The van der Waals surface area contributed by atoms with Gasteiger partial charge in [0.05, 0.1) is 12.4 Å². The Hall–Kier alpha value is -2.40. The first kappa shape index (κ1) is 13.6. The van der Waals surface area contributed by atoms with Gasteiger partial charge in [-0.25, -0.2) is 0 Å². The topological polar surface area (TPSA) is 60.7 Å². The number of para-hydroxylation sites is 1. The largest absolute Gasteiger partial charge is 0.507 e. The number of hydrogen-bond acceptors (Lipinski definition) is 3. The van der Waals surface area contributed by atoms with Gasteiger partial charge < -0.3 is 10.1 Å². The number of fused-ring (bicyclic) bond motifs is 1. The summed E-state index contributed by atoms with van der Waals surface area (Å²) >= 11 is 3.46. The number of nitrogens with one attached hydrogen (secondary N) is 1. The average Bonchev–Trinajstić information content (AvgIpc) is 2.88. The summed E-state index contributed by atoms with van der Waals surface area (Å²) in [7, 11) is 0. The number of phenols is 1. The SMILES string of the molecule is Oc1ccccc1/C=N\N=C/c1c[nH]c2ccc(Br)cc12. The minimum Gasteiger partial charge on any atom is -0.507 e. The van der Waals surface area contributed by atoms with Crippen molar-refractivity contribution < 1.29 is 5.11 Å². The van der Waals surface area contributed by atoms with Crippen LogP contribution in [0, 0.1) is 0 Å². The molecular weight excluding hydrogens is 330 g/mol. The molecule has 0 saturated heterocycles. The Morgan fingerprint density at radius 1 is 1.00 bits per heavy atom. The van der Waals surface area contributed by atoms with Gasteiger partial charge in [0.2, 0.25) is 0 Å². The molecule has 0 fully saturated rings. The lowest BCUT2D eigenvalue weighted by atomic mass is 10.2. The van der Waals surface area contributed by atoms with E-state index in [0.29, 0.717) is 5.56 Å². The number of aromatic hydroxyl groups is 1. The first-order chi connectivity index (χ1) is 10.2. The quantitative estimate of drug-likeness (QED) is 0.547. The lowest BCUT2D eigenvalue weighted by molar-refractivity contribution is 0.474. The molecule has 0 atom stereocenters. The Kier molecular flexibility index (Phi) is 3.83. The summed E-state index contributed by atoms with van der Waals surface area (Å²) < 4.78 is 1.02. The number of hydrogen-bond donors (Lipinski definition) is 2. The van der Waals surface area contributed by atoms with E-state index in [1.54, 1.807) is 24.4 Å². The summed E-state index contributed by atoms with van der Waals surface area (Å²) in [5.74, 6) is 0.187. The number of benzene rings is 2. The first-order valence-electron chi connectivity index (χ1n) is 6.35. The number of phenolic OH excluding ortho intramolecular Hbond substituents is 1. The van der Waals surface area contributed by atoms with Crippen LogP contribution in [0.25, 0.3) is 10.9 Å². The third-order valence-corrected chi connectivity index (χ3v) is 3.57. The minimum atomic E-state index is 0.187. The Morgan fingerprint density at radius 3 is 2.57 bits per heavy atom. The molecule has 104 valence electrons. The standard InChI is InChI=1S/C16H12BrN3O/c17-13-5-6-15-14(7-13)12(8-18-15)10-20-19-9-11-3-1-2-4-16(11)21/h1-10,18,21H/b19-9-,20-10-. The number of aromatic amines is 1. The molecule has 0 aliphatic rings. The summed E-state index contributed by atoms with van der Waals surface area (Å²) in [4.78, 5) is 3.18. The molecule has 1 heterocycles. The van der Waals surface area contributed by atoms with Gasteiger partial charge in [0.1, 0.15) is 5.75 Å². The second-order valence-electron chi connectivity index (χ2n) is 4.48. The van der Waals surface area contributed by atoms with Crippen molar-refractivity contribution in [3.8, 4) is 5.75 Å². The van der Waals surface area contributed by atoms with Gasteiger partial charge in [-0.05, 0) is 30.3 Å². The highest BCUT2D eigenvalue weighted by atomic mass is 79.9. The summed E-state index contributed by atoms with van der Waals surface area (Å²) in [6.07, 6.45) is 5.09. The lowest BCUT2D eigenvalue weighted by Gasteiger charge is -1.94. The number of aromatic nitrogens is 1. The van der Waals surface area contributed by atoms with Crippen molar-refractivity contribution >= 4 is 39.3 Å². The summed E-state index contributed by atoms with van der Waals surface area (Å²) in [5, 5.41) is 18.7. The van der Waals surface area contributed by atoms with E-state index in [2.05, 4.69) is 31.1 Å². The van der Waals surface area contributed by atoms with Crippen LogP contribution >= 0.6 is 15.9 Å². The fourth-order valence-corrected chi connectivity index (χ4v) is 2.37. The van der Waals surface area contributed by atoms with Crippen molar-refractivity contribution in [3.63, 3.8) is 0 Å². The van der Waals surface area contributed by atoms with Crippen molar-refractivity contribution in [2.45, 2.75) is 0 Å². The number of nitrogens with zero attached hydrogens (tertiary/aromatic N) is 2. The first-order valence-corrected chi connectivity index (χ1v) is 7.14. The second kappa shape index (κ2) is 5.93. The van der Waals surface area contributed by atoms with E-state index in [4.69, 9.17) is 0 Å². The van der Waals surface area contributed by atoms with Gasteiger partial charge in [0.25, 0.3) is 0 Å². The zero-order chi connectivity index (χ0) is 14.7. The molecule has 4 nitrogen and oxygen atoms in total. The van der Waals surface area contributed by atoms with Gasteiger partial charge in [-0.15, -0.1) is 0 Å². The van der Waals surface area contributed by atoms with Crippen LogP contribution in [0.15, 0.2) is 63.3 Å². The van der Waals surface area contributed by atoms with Crippen LogP contribution in [0.3, 0.4) is 0 Å². The predicted molar refractivity (Wildman–Crippen MR) is 89.3 cm³/mol. The van der Waals surface area contributed by atoms with E-state index < -0.39 is 0 Å². The molecule has 0 saturated carbocycles. The van der Waals surface area contributed by atoms with Crippen LogP contribution in [-0.2, 0) is 0 Å². The Bertz CT molecular complexity index is 836. The van der Waals surface area contributed by atoms with Crippen LogP contribution < -0.4 is 0 Å². The fourth-order valence-electron chi connectivity index (χ4n) is 2.01. The maximum Gasteiger partial charge on any atom is 0.124 e. The normalized spacial score (nSPS) is 11.9. The molecule has 0 aliphatic heterocycles. The van der Waals surface area contributed by atoms with Gasteiger partial charge in [-0.3, -0.25) is 0 Å². The minimum absolute atomic E-state index is 0.187. The van der Waals surface area contributed by atoms with Gasteiger partial charge in [-0.2, -0.15) is 10.2 Å². The Morgan fingerprint density at radius 2 is 1.76 bits per heavy atom. The summed E-state index contributed by atoms with van der Waals surface area (Å²) in [6, 6.07) is 13.0. The summed E-state index contributed by atoms with van der Waals surface area (Å²) in [5.41, 5.74) is 2.64. The van der Waals surface area contributed by atoms with Crippen molar-refractivity contribution in [1.29, 1.82) is 0 Å². The van der Waals surface area contributed by atoms with E-state index >= 15 is 0 Å². The van der Waals surface area contributed by atoms with Crippen molar-refractivity contribution in [1.82, 2.24) is 4.98 Å². The summed E-state index contributed by atoms with van der Waals surface area (Å²) in [6.45, 7) is 0. The van der Waals surface area contributed by atoms with Crippen LogP contribution in [0.1, 0.15) is 11.1 Å². The van der Waals surface area contributed by atoms with Crippen LogP contribution in [0.5, 0.6) is 5.75 Å². The van der Waals surface area contributed by atoms with Crippen molar-refractivity contribution in [2.75, 3.05) is 0 Å². The number of H-pyrrole nitrogens is 1. The molecule has 0 aliphatic carbocycles. The molecule has 2 aromatic carbocycles. The molecule has 3 rings (SSSR count). The second-order valence-corrected chi connectivity index (χ2v) is 5.40. The highest BCUT2D eigenvalue weighted by molar-refractivity contribution is 9.10. The van der Waals surface area contributed by atoms with E-state index in [1.165, 1.54) is 6.21 Å². The van der Waals surface area contributed by atoms with Gasteiger partial charge in [0.15, 0.2) is 0 Å². The monoisotopic (exact) mass is 341 g/mol. The number of halogens is 1. The fraction of sp³-hybridized carbons (Fsp3) is 0. The van der Waals surface area contributed by atoms with E-state index in [0.717, 1.165) is 20.9 Å². The lowest BCUT2D eigenvalue weighted by Crippen LogP contribution is -1.81. The Labute approximate surface area is 130 Å². The molecule has 0 radical (unpaired) electrons. The van der Waals surface area contributed by atoms with E-state index in [-0.39, 0.29) is 5.75 Å². The van der Waals surface area contributed by atoms with Crippen LogP contribution in [0.4, 0.5) is 0 Å². The molecule has 3 aromatic rings. The smallest absolute Gasteiger partial charge is 0.124 e. The van der Waals surface area contributed by atoms with Crippen LogP contribution in [0.2, 0.25) is 0 Å². The molecule has 5 heteroatoms. The maximum absolute atomic E-state index is 9.61. The van der Waals surface area contributed by atoms with Crippen molar-refractivity contribution in [2.24, 2.45) is 10.2 Å². The highest BCUT2D eigenvalue weighted by Crippen LogP contribution is 2.21. The third-order valence-electron chi connectivity index (χ3n) is 3.07. The van der Waals surface area contributed by atoms with Gasteiger partial charge >= 0.3 is 0 Å². The third kappa shape index (κ3) is 3.03. The van der Waals surface area contributed by atoms with E-state index in [9.17, 15) is 5.11 Å². The molecule has 0 unspecified atom stereocenters. The highest BCUT2D eigenvalue weighted by Gasteiger charge is 2.01. The van der Waals surface area contributed by atoms with Crippen molar-refractivity contribution in [3.05, 3.63) is 64.3 Å². The zero-order valence-corrected chi connectivity index (χ0v) is 12.6. The average molecular weight is 342 g/mol. The molecule has 21 heavy (non-hydrogen) atoms. The maximum atomic E-state index is 9.61. The molecule has 0 bridgehead atoms. The molecular formula is C16H12BrN3O. The predicted octanol–water partition coefficient (Wildman–Crippen LogP) is 4.09. The number of rotatable bonds is 3. The molecule has 2 N–H and O–H groups in total. The molecule has 0 spiro atoms. The van der Waals surface area contributed by atoms with Gasteiger partial charge in [0, 0.05) is 32.7 Å². The molecule has 1 aromatic heterocycles. The zero-order valence-electron chi connectivity index (χ0n) is 11.0. The van der Waals surface area contributed by atoms with E-state index in [1.807, 2.05) is 30.5 Å². The molecule has 0 amide bonds.